The second kappa shape index (κ2) is 22.0. The van der Waals surface area contributed by atoms with E-state index in [4.69, 9.17) is 10.2 Å². The highest BCUT2D eigenvalue weighted by Gasteiger charge is 2.30. The average Bonchev–Trinajstić information content (AvgIpc) is 2.70. The van der Waals surface area contributed by atoms with Crippen molar-refractivity contribution in [3.8, 4) is 0 Å². The summed E-state index contributed by atoms with van der Waals surface area (Å²) in [7, 11) is -0.916. The fourth-order valence-electron chi connectivity index (χ4n) is 2.68. The normalized spacial score (nSPS) is 14.9. The van der Waals surface area contributed by atoms with Gasteiger partial charge in [0.1, 0.15) is 6.10 Å². The molecule has 0 unspecified atom stereocenters. The highest BCUT2D eigenvalue weighted by Crippen LogP contribution is 2.04. The molecule has 16 nitrogen and oxygen atoms in total. The topological polar surface area (TPSA) is 318 Å². The number of nitrogens with one attached hydrogen (secondary N) is 2. The molecule has 0 aliphatic carbocycles. The van der Waals surface area contributed by atoms with Gasteiger partial charge in [0.25, 0.3) is 5.91 Å². The minimum Gasteiger partial charge on any atom is -0.437 e. The molecule has 0 aromatic carbocycles. The molecule has 34 heavy (non-hydrogen) atoms. The molecule has 0 radical (unpaired) electrons. The maximum absolute atomic E-state index is 11.9. The van der Waals surface area contributed by atoms with Gasteiger partial charge in [-0.15, -0.1) is 0 Å². The summed E-state index contributed by atoms with van der Waals surface area (Å²) in [5.41, 5.74) is 0. The number of carbonyl (C=O) groups excluding carboxylic acids is 2. The van der Waals surface area contributed by atoms with Crippen molar-refractivity contribution in [2.45, 2.75) is 56.6 Å². The van der Waals surface area contributed by atoms with Gasteiger partial charge in [0.2, 0.25) is 5.91 Å². The maximum Gasteiger partial charge on any atom is 0.376 e. The third-order valence-electron chi connectivity index (χ3n) is 4.54. The molecule has 0 rings (SSSR count). The number of nitrogens with zero attached hydrogens (tertiary/aromatic N) is 1. The van der Waals surface area contributed by atoms with Crippen molar-refractivity contribution < 1.29 is 66.8 Å². The molecule has 0 spiro atoms. The van der Waals surface area contributed by atoms with Crippen LogP contribution in [0.5, 0.6) is 0 Å². The van der Waals surface area contributed by atoms with Gasteiger partial charge in [0.05, 0.1) is 31.3 Å². The van der Waals surface area contributed by atoms with E-state index in [0.29, 0.717) is 0 Å². The lowest BCUT2D eigenvalue weighted by Crippen LogP contribution is -2.50. The Morgan fingerprint density at radius 1 is 0.912 bits per heavy atom. The molecule has 0 fully saturated rings. The third-order valence-corrected chi connectivity index (χ3v) is 4.54. The number of aliphatic hydroxyl groups is 7. The van der Waals surface area contributed by atoms with E-state index in [0.717, 1.165) is 0 Å². The lowest BCUT2D eigenvalue weighted by molar-refractivity contribution is -0.141. The first-order valence-electron chi connectivity index (χ1n) is 10.1. The van der Waals surface area contributed by atoms with Gasteiger partial charge in [-0.2, -0.15) is 0 Å². The second-order valence-electron chi connectivity index (χ2n) is 7.25. The summed E-state index contributed by atoms with van der Waals surface area (Å²) in [6.07, 6.45) is -7.93. The minimum absolute atomic E-state index is 0. The maximum atomic E-state index is 11.9. The summed E-state index contributed by atoms with van der Waals surface area (Å²) in [5, 5.41) is 79.9. The van der Waals surface area contributed by atoms with Crippen LogP contribution in [0.1, 0.15) is 19.3 Å². The molecular formula is C17H42BN3O13. The minimum atomic E-state index is -1.89. The van der Waals surface area contributed by atoms with Crippen LogP contribution in [-0.2, 0) is 9.59 Å². The Hall–Kier alpha value is -1.48. The molecule has 2 amide bonds. The zero-order valence-corrected chi connectivity index (χ0v) is 19.2. The van der Waals surface area contributed by atoms with Gasteiger partial charge in [-0.05, 0) is 13.2 Å². The SMILES string of the molecule is CB(O)N(CCNC(=O)C[C@@H](O)C[C@H](O)CO)CCNC(=O)[C@H](O)[C@@H](O)[C@H](O)CCO.O.O.O. The Bertz CT molecular complexity index is 521. The molecule has 5 atom stereocenters. The predicted molar refractivity (Wildman–Crippen MR) is 120 cm³/mol. The Balaban J connectivity index is -0.00000150. The van der Waals surface area contributed by atoms with E-state index >= 15 is 0 Å². The van der Waals surface area contributed by atoms with E-state index in [-0.39, 0.29) is 61.9 Å². The van der Waals surface area contributed by atoms with Crippen LogP contribution in [0.15, 0.2) is 0 Å². The van der Waals surface area contributed by atoms with Gasteiger partial charge in [-0.3, -0.25) is 9.59 Å². The Morgan fingerprint density at radius 3 is 1.91 bits per heavy atom. The van der Waals surface area contributed by atoms with Crippen molar-refractivity contribution in [2.75, 3.05) is 39.4 Å². The number of carbonyl (C=O) groups is 2. The first kappa shape index (κ1) is 39.7. The van der Waals surface area contributed by atoms with E-state index in [1.54, 1.807) is 0 Å². The molecular weight excluding hydrogens is 465 g/mol. The molecule has 0 saturated heterocycles. The molecule has 0 aliphatic heterocycles. The second-order valence-corrected chi connectivity index (χ2v) is 7.25. The number of rotatable bonds is 17. The first-order chi connectivity index (χ1) is 14.5. The fraction of sp³-hybridized carbons (Fsp3) is 0.882. The number of amides is 2. The largest absolute Gasteiger partial charge is 0.437 e. The van der Waals surface area contributed by atoms with Crippen molar-refractivity contribution in [2.24, 2.45) is 0 Å². The smallest absolute Gasteiger partial charge is 0.376 e. The van der Waals surface area contributed by atoms with Crippen LogP contribution < -0.4 is 10.6 Å². The standard InChI is InChI=1S/C17H36BN3O10.3H2O/c1-18(31)21(5-3-19-14(27)9-11(24)8-12(25)10-23)6-4-20-17(30)16(29)15(28)13(26)2-7-22;;;/h11-13,15-16,22-26,28-29,31H,2-10H2,1H3,(H,19,27)(H,20,30);3*1H2/t11-,12-,13+,15-,16+;;;/m0.../s1. The zero-order chi connectivity index (χ0) is 24.0. The molecule has 0 aromatic heterocycles. The highest BCUT2D eigenvalue weighted by atomic mass is 16.4. The Morgan fingerprint density at radius 2 is 1.44 bits per heavy atom. The molecule has 0 saturated carbocycles. The monoisotopic (exact) mass is 507 g/mol. The van der Waals surface area contributed by atoms with Crippen molar-refractivity contribution in [3.63, 3.8) is 0 Å². The quantitative estimate of drug-likeness (QED) is 0.0824. The van der Waals surface area contributed by atoms with Gasteiger partial charge >= 0.3 is 7.05 Å². The van der Waals surface area contributed by atoms with E-state index in [1.807, 2.05) is 0 Å². The Labute approximate surface area is 197 Å². The van der Waals surface area contributed by atoms with Gasteiger partial charge in [-0.1, -0.05) is 0 Å². The van der Waals surface area contributed by atoms with Crippen LogP contribution in [0.4, 0.5) is 0 Å². The number of aliphatic hydroxyl groups excluding tert-OH is 7. The molecule has 17 heteroatoms. The van der Waals surface area contributed by atoms with Gasteiger partial charge in [0.15, 0.2) is 6.10 Å². The zero-order valence-electron chi connectivity index (χ0n) is 19.2. The first-order valence-corrected chi connectivity index (χ1v) is 10.1. The summed E-state index contributed by atoms with van der Waals surface area (Å²) in [6.45, 7) is 1.01. The average molecular weight is 507 g/mol. The van der Waals surface area contributed by atoms with Crippen molar-refractivity contribution in [1.29, 1.82) is 0 Å². The summed E-state index contributed by atoms with van der Waals surface area (Å²) < 4.78 is 0. The molecule has 0 aliphatic rings. The van der Waals surface area contributed by atoms with Gasteiger partial charge in [-0.25, -0.2) is 0 Å². The van der Waals surface area contributed by atoms with E-state index in [1.165, 1.54) is 11.6 Å². The van der Waals surface area contributed by atoms with Crippen LogP contribution in [-0.4, -0.2) is 151 Å². The van der Waals surface area contributed by atoms with Crippen LogP contribution >= 0.6 is 0 Å². The van der Waals surface area contributed by atoms with E-state index in [9.17, 15) is 40.1 Å². The van der Waals surface area contributed by atoms with Crippen molar-refractivity contribution in [3.05, 3.63) is 0 Å². The van der Waals surface area contributed by atoms with Crippen LogP contribution in [0.25, 0.3) is 0 Å². The summed E-state index contributed by atoms with van der Waals surface area (Å²) in [6, 6.07) is 0. The van der Waals surface area contributed by atoms with Crippen LogP contribution in [0, 0.1) is 0 Å². The van der Waals surface area contributed by atoms with Crippen molar-refractivity contribution >= 4 is 18.9 Å². The highest BCUT2D eigenvalue weighted by molar-refractivity contribution is 6.45. The molecule has 206 valence electrons. The number of hydrogen-bond acceptors (Lipinski definition) is 11. The molecule has 0 heterocycles. The van der Waals surface area contributed by atoms with E-state index < -0.39 is 62.6 Å². The molecule has 16 N–H and O–H groups in total. The predicted octanol–water partition coefficient (Wildman–Crippen LogP) is -7.88. The molecule has 0 bridgehead atoms. The summed E-state index contributed by atoms with van der Waals surface area (Å²) in [5.74, 6) is -1.41. The van der Waals surface area contributed by atoms with Crippen LogP contribution in [0.2, 0.25) is 6.82 Å². The Kier molecular flexibility index (Phi) is 25.7. The fourth-order valence-corrected chi connectivity index (χ4v) is 2.68. The van der Waals surface area contributed by atoms with Gasteiger partial charge in [0, 0.05) is 39.2 Å². The summed E-state index contributed by atoms with van der Waals surface area (Å²) in [4.78, 5) is 25.1. The molecule has 0 aromatic rings. The van der Waals surface area contributed by atoms with E-state index in [2.05, 4.69) is 10.6 Å². The number of hydrogen-bond donors (Lipinski definition) is 10. The summed E-state index contributed by atoms with van der Waals surface area (Å²) >= 11 is 0. The van der Waals surface area contributed by atoms with Crippen LogP contribution in [0.3, 0.4) is 0 Å². The van der Waals surface area contributed by atoms with Crippen molar-refractivity contribution in [1.82, 2.24) is 15.4 Å². The third kappa shape index (κ3) is 17.0. The lowest BCUT2D eigenvalue weighted by atomic mass is 9.85. The lowest BCUT2D eigenvalue weighted by Gasteiger charge is -2.25. The van der Waals surface area contributed by atoms with Gasteiger partial charge < -0.3 is 72.6 Å².